The van der Waals surface area contributed by atoms with Crippen molar-refractivity contribution in [3.8, 4) is 11.5 Å². The summed E-state index contributed by atoms with van der Waals surface area (Å²) >= 11 is 7.44. The number of thiocarbonyl (C=S) groups is 1. The minimum atomic E-state index is -0.268. The standard InChI is InChI=1S/C20H13IN4O2S/c21-14-8-6-12(7-9-14)18(26)25-20(28)23-15-4-1-3-13(11-15)19-24-17-16(27-19)5-2-10-22-17/h1-11H,(H2,23,25,26,28). The molecule has 2 aromatic carbocycles. The Kier molecular flexibility index (Phi) is 5.31. The topological polar surface area (TPSA) is 80.0 Å². The lowest BCUT2D eigenvalue weighted by atomic mass is 10.2. The number of hydrogen-bond acceptors (Lipinski definition) is 5. The van der Waals surface area contributed by atoms with Crippen LogP contribution < -0.4 is 10.6 Å². The van der Waals surface area contributed by atoms with E-state index in [1.54, 1.807) is 24.4 Å². The van der Waals surface area contributed by atoms with Gasteiger partial charge in [-0.3, -0.25) is 10.1 Å². The molecule has 0 radical (unpaired) electrons. The number of pyridine rings is 1. The molecular weight excluding hydrogens is 487 g/mol. The number of anilines is 1. The smallest absolute Gasteiger partial charge is 0.257 e. The molecule has 2 N–H and O–H groups in total. The predicted octanol–water partition coefficient (Wildman–Crippen LogP) is 4.62. The lowest BCUT2D eigenvalue weighted by Gasteiger charge is -2.10. The molecule has 0 bridgehead atoms. The zero-order valence-corrected chi connectivity index (χ0v) is 17.3. The molecule has 8 heteroatoms. The second kappa shape index (κ2) is 8.03. The van der Waals surface area contributed by atoms with Gasteiger partial charge < -0.3 is 9.73 Å². The molecule has 138 valence electrons. The summed E-state index contributed by atoms with van der Waals surface area (Å²) in [6.45, 7) is 0. The van der Waals surface area contributed by atoms with Gasteiger partial charge in [-0.2, -0.15) is 4.98 Å². The first-order valence-electron chi connectivity index (χ1n) is 8.28. The van der Waals surface area contributed by atoms with Crippen LogP contribution in [0, 0.1) is 3.57 Å². The number of nitrogens with zero attached hydrogens (tertiary/aromatic N) is 2. The van der Waals surface area contributed by atoms with Gasteiger partial charge in [0.1, 0.15) is 0 Å². The van der Waals surface area contributed by atoms with E-state index in [1.807, 2.05) is 42.5 Å². The van der Waals surface area contributed by atoms with E-state index >= 15 is 0 Å². The number of carbonyl (C=O) groups excluding carboxylic acids is 1. The molecular formula is C20H13IN4O2S. The summed E-state index contributed by atoms with van der Waals surface area (Å²) in [5, 5.41) is 5.89. The fourth-order valence-electron chi connectivity index (χ4n) is 2.56. The molecule has 0 saturated carbocycles. The third-order valence-electron chi connectivity index (χ3n) is 3.87. The number of rotatable bonds is 3. The van der Waals surface area contributed by atoms with Gasteiger partial charge in [-0.25, -0.2) is 4.98 Å². The Bertz CT molecular complexity index is 1140. The first-order valence-corrected chi connectivity index (χ1v) is 9.77. The number of amides is 1. The number of carbonyl (C=O) groups is 1. The van der Waals surface area contributed by atoms with Gasteiger partial charge in [-0.15, -0.1) is 0 Å². The summed E-state index contributed by atoms with van der Waals surface area (Å²) in [7, 11) is 0. The molecule has 0 saturated heterocycles. The first-order chi connectivity index (χ1) is 13.6. The summed E-state index contributed by atoms with van der Waals surface area (Å²) in [6, 6.07) is 18.3. The van der Waals surface area contributed by atoms with Crippen molar-refractivity contribution in [2.75, 3.05) is 5.32 Å². The summed E-state index contributed by atoms with van der Waals surface area (Å²) in [5.41, 5.74) is 3.19. The molecule has 2 heterocycles. The maximum Gasteiger partial charge on any atom is 0.257 e. The highest BCUT2D eigenvalue weighted by Crippen LogP contribution is 2.25. The zero-order valence-electron chi connectivity index (χ0n) is 14.3. The van der Waals surface area contributed by atoms with Crippen LogP contribution in [-0.4, -0.2) is 21.0 Å². The second-order valence-electron chi connectivity index (χ2n) is 5.84. The molecule has 4 rings (SSSR count). The molecule has 0 aliphatic heterocycles. The van der Waals surface area contributed by atoms with Crippen molar-refractivity contribution in [2.24, 2.45) is 0 Å². The largest absolute Gasteiger partial charge is 0.434 e. The first kappa shape index (κ1) is 18.5. The molecule has 28 heavy (non-hydrogen) atoms. The van der Waals surface area contributed by atoms with Gasteiger partial charge >= 0.3 is 0 Å². The van der Waals surface area contributed by atoms with Crippen LogP contribution in [0.25, 0.3) is 22.7 Å². The molecule has 0 aliphatic carbocycles. The maximum absolute atomic E-state index is 12.3. The van der Waals surface area contributed by atoms with Crippen molar-refractivity contribution in [2.45, 2.75) is 0 Å². The third kappa shape index (κ3) is 4.18. The highest BCUT2D eigenvalue weighted by atomic mass is 127. The van der Waals surface area contributed by atoms with Gasteiger partial charge in [0.2, 0.25) is 5.89 Å². The second-order valence-corrected chi connectivity index (χ2v) is 7.49. The van der Waals surface area contributed by atoms with Crippen molar-refractivity contribution >= 4 is 62.7 Å². The van der Waals surface area contributed by atoms with Crippen molar-refractivity contribution in [3.63, 3.8) is 0 Å². The molecule has 2 aromatic heterocycles. The lowest BCUT2D eigenvalue weighted by molar-refractivity contribution is 0.0977. The van der Waals surface area contributed by atoms with Crippen molar-refractivity contribution in [1.29, 1.82) is 0 Å². The van der Waals surface area contributed by atoms with Crippen LogP contribution in [-0.2, 0) is 0 Å². The monoisotopic (exact) mass is 500 g/mol. The molecule has 0 atom stereocenters. The number of aromatic nitrogens is 2. The van der Waals surface area contributed by atoms with Gasteiger partial charge in [-0.05, 0) is 89.4 Å². The van der Waals surface area contributed by atoms with Gasteiger partial charge in [0.05, 0.1) is 0 Å². The van der Waals surface area contributed by atoms with E-state index < -0.39 is 0 Å². The fraction of sp³-hybridized carbons (Fsp3) is 0. The van der Waals surface area contributed by atoms with Crippen molar-refractivity contribution < 1.29 is 9.21 Å². The molecule has 0 unspecified atom stereocenters. The van der Waals surface area contributed by atoms with E-state index in [2.05, 4.69) is 43.2 Å². The summed E-state index contributed by atoms with van der Waals surface area (Å²) in [5.74, 6) is 0.196. The molecule has 0 spiro atoms. The Hall–Kier alpha value is -2.85. The highest BCUT2D eigenvalue weighted by Gasteiger charge is 2.11. The van der Waals surface area contributed by atoms with E-state index in [1.165, 1.54) is 0 Å². The average molecular weight is 500 g/mol. The normalized spacial score (nSPS) is 10.6. The Labute approximate surface area is 179 Å². The molecule has 0 aliphatic rings. The van der Waals surface area contributed by atoms with E-state index in [4.69, 9.17) is 16.6 Å². The Morgan fingerprint density at radius 3 is 2.68 bits per heavy atom. The number of hydrogen-bond donors (Lipinski definition) is 2. The zero-order chi connectivity index (χ0) is 19.5. The lowest BCUT2D eigenvalue weighted by Crippen LogP contribution is -2.34. The molecule has 1 amide bonds. The third-order valence-corrected chi connectivity index (χ3v) is 4.79. The van der Waals surface area contributed by atoms with Gasteiger partial charge in [0, 0.05) is 26.6 Å². The Morgan fingerprint density at radius 1 is 1.07 bits per heavy atom. The van der Waals surface area contributed by atoms with Crippen LogP contribution >= 0.6 is 34.8 Å². The summed E-state index contributed by atoms with van der Waals surface area (Å²) < 4.78 is 6.80. The molecule has 4 aromatic rings. The number of fused-ring (bicyclic) bond motifs is 1. The van der Waals surface area contributed by atoms with E-state index in [-0.39, 0.29) is 11.0 Å². The Balaban J connectivity index is 1.47. The van der Waals surface area contributed by atoms with Gasteiger partial charge in [0.15, 0.2) is 16.3 Å². The predicted molar refractivity (Wildman–Crippen MR) is 120 cm³/mol. The fourth-order valence-corrected chi connectivity index (χ4v) is 3.13. The van der Waals surface area contributed by atoms with E-state index in [9.17, 15) is 4.79 Å². The van der Waals surface area contributed by atoms with Crippen LogP contribution in [0.2, 0.25) is 0 Å². The molecule has 6 nitrogen and oxygen atoms in total. The summed E-state index contributed by atoms with van der Waals surface area (Å²) in [4.78, 5) is 20.8. The van der Waals surface area contributed by atoms with Crippen molar-refractivity contribution in [3.05, 3.63) is 76.0 Å². The van der Waals surface area contributed by atoms with Crippen LogP contribution in [0.4, 0.5) is 5.69 Å². The average Bonchev–Trinajstić information content (AvgIpc) is 3.13. The minimum absolute atomic E-state index is 0.208. The van der Waals surface area contributed by atoms with Crippen LogP contribution in [0.3, 0.4) is 0 Å². The number of oxazole rings is 1. The SMILES string of the molecule is O=C(NC(=S)Nc1cccc(-c2nc3ncccc3o2)c1)c1ccc(I)cc1. The minimum Gasteiger partial charge on any atom is -0.434 e. The van der Waals surface area contributed by atoms with E-state index in [0.717, 1.165) is 9.13 Å². The van der Waals surface area contributed by atoms with Gasteiger partial charge in [-0.1, -0.05) is 6.07 Å². The molecule has 0 fully saturated rings. The van der Waals surface area contributed by atoms with Gasteiger partial charge in [0.25, 0.3) is 5.91 Å². The van der Waals surface area contributed by atoms with Crippen LogP contribution in [0.5, 0.6) is 0 Å². The number of halogens is 1. The van der Waals surface area contributed by atoms with Crippen LogP contribution in [0.15, 0.2) is 71.3 Å². The van der Waals surface area contributed by atoms with Crippen molar-refractivity contribution in [1.82, 2.24) is 15.3 Å². The maximum atomic E-state index is 12.3. The highest BCUT2D eigenvalue weighted by molar-refractivity contribution is 14.1. The Morgan fingerprint density at radius 2 is 1.89 bits per heavy atom. The quantitative estimate of drug-likeness (QED) is 0.316. The summed E-state index contributed by atoms with van der Waals surface area (Å²) in [6.07, 6.45) is 1.67. The van der Waals surface area contributed by atoms with E-state index in [0.29, 0.717) is 28.4 Å². The number of benzene rings is 2. The van der Waals surface area contributed by atoms with Crippen LogP contribution in [0.1, 0.15) is 10.4 Å². The number of nitrogens with one attached hydrogen (secondary N) is 2.